The van der Waals surface area contributed by atoms with Crippen molar-refractivity contribution >= 4 is 0 Å². The minimum atomic E-state index is 0.760. The fourth-order valence-corrected chi connectivity index (χ4v) is 2.14. The standard InChI is InChI=1S/C18H24N2O/c1-20(14-5-13-19)15-12-16-8-10-18(11-9-16)21-17-6-3-2-4-7-17/h2-4,6-11H,5,12-15,19H2,1H3. The van der Waals surface area contributed by atoms with Gasteiger partial charge in [-0.2, -0.15) is 0 Å². The molecule has 3 nitrogen and oxygen atoms in total. The number of para-hydroxylation sites is 1. The molecule has 0 amide bonds. The van der Waals surface area contributed by atoms with E-state index in [1.54, 1.807) is 0 Å². The topological polar surface area (TPSA) is 38.5 Å². The third-order valence-corrected chi connectivity index (χ3v) is 3.43. The van der Waals surface area contributed by atoms with Gasteiger partial charge in [-0.15, -0.1) is 0 Å². The van der Waals surface area contributed by atoms with Crippen molar-refractivity contribution in [3.8, 4) is 11.5 Å². The van der Waals surface area contributed by atoms with Crippen molar-refractivity contribution in [1.82, 2.24) is 4.90 Å². The normalized spacial score (nSPS) is 10.8. The first-order valence-electron chi connectivity index (χ1n) is 7.48. The van der Waals surface area contributed by atoms with Gasteiger partial charge in [0, 0.05) is 6.54 Å². The van der Waals surface area contributed by atoms with E-state index in [4.69, 9.17) is 10.5 Å². The van der Waals surface area contributed by atoms with Crippen LogP contribution in [-0.4, -0.2) is 31.6 Å². The lowest BCUT2D eigenvalue weighted by Crippen LogP contribution is -2.24. The maximum atomic E-state index is 5.79. The van der Waals surface area contributed by atoms with Gasteiger partial charge in [0.2, 0.25) is 0 Å². The highest BCUT2D eigenvalue weighted by Gasteiger charge is 2.00. The van der Waals surface area contributed by atoms with E-state index in [-0.39, 0.29) is 0 Å². The van der Waals surface area contributed by atoms with Gasteiger partial charge in [0.15, 0.2) is 0 Å². The van der Waals surface area contributed by atoms with Crippen molar-refractivity contribution < 1.29 is 4.74 Å². The quantitative estimate of drug-likeness (QED) is 0.808. The molecule has 0 spiro atoms. The Hall–Kier alpha value is -1.84. The lowest BCUT2D eigenvalue weighted by atomic mass is 10.1. The SMILES string of the molecule is CN(CCCN)CCc1ccc(Oc2ccccc2)cc1. The highest BCUT2D eigenvalue weighted by atomic mass is 16.5. The summed E-state index contributed by atoms with van der Waals surface area (Å²) in [6.07, 6.45) is 2.10. The molecule has 2 aromatic carbocycles. The minimum Gasteiger partial charge on any atom is -0.457 e. The Morgan fingerprint density at radius 3 is 2.24 bits per heavy atom. The first kappa shape index (κ1) is 15.5. The van der Waals surface area contributed by atoms with E-state index in [2.05, 4.69) is 24.1 Å². The monoisotopic (exact) mass is 284 g/mol. The van der Waals surface area contributed by atoms with Gasteiger partial charge in [-0.1, -0.05) is 30.3 Å². The maximum Gasteiger partial charge on any atom is 0.127 e. The lowest BCUT2D eigenvalue weighted by Gasteiger charge is -2.16. The zero-order valence-corrected chi connectivity index (χ0v) is 12.7. The molecule has 0 aliphatic rings. The Morgan fingerprint density at radius 1 is 0.905 bits per heavy atom. The van der Waals surface area contributed by atoms with Crippen molar-refractivity contribution in [3.63, 3.8) is 0 Å². The molecule has 0 radical (unpaired) electrons. The molecule has 0 aliphatic carbocycles. The Bertz CT molecular complexity index is 511. The van der Waals surface area contributed by atoms with E-state index < -0.39 is 0 Å². The molecular formula is C18H24N2O. The summed E-state index contributed by atoms with van der Waals surface area (Å²) in [5, 5.41) is 0. The summed E-state index contributed by atoms with van der Waals surface area (Å²) < 4.78 is 5.79. The average Bonchev–Trinajstić information content (AvgIpc) is 2.53. The largest absolute Gasteiger partial charge is 0.457 e. The zero-order valence-electron chi connectivity index (χ0n) is 12.7. The fraction of sp³-hybridized carbons (Fsp3) is 0.333. The Morgan fingerprint density at radius 2 is 1.57 bits per heavy atom. The highest BCUT2D eigenvalue weighted by Crippen LogP contribution is 2.21. The Balaban J connectivity index is 1.82. The van der Waals surface area contributed by atoms with Gasteiger partial charge in [-0.05, 0) is 62.8 Å². The predicted octanol–water partition coefficient (Wildman–Crippen LogP) is 3.30. The average molecular weight is 284 g/mol. The fourth-order valence-electron chi connectivity index (χ4n) is 2.14. The van der Waals surface area contributed by atoms with Gasteiger partial charge in [0.1, 0.15) is 11.5 Å². The summed E-state index contributed by atoms with van der Waals surface area (Å²) in [4.78, 5) is 2.32. The van der Waals surface area contributed by atoms with E-state index in [0.29, 0.717) is 0 Å². The third-order valence-electron chi connectivity index (χ3n) is 3.43. The van der Waals surface area contributed by atoms with Crippen LogP contribution >= 0.6 is 0 Å². The van der Waals surface area contributed by atoms with Gasteiger partial charge in [-0.3, -0.25) is 0 Å². The summed E-state index contributed by atoms with van der Waals surface area (Å²) >= 11 is 0. The van der Waals surface area contributed by atoms with E-state index in [0.717, 1.165) is 44.0 Å². The summed E-state index contributed by atoms with van der Waals surface area (Å²) in [6, 6.07) is 18.2. The molecule has 2 N–H and O–H groups in total. The van der Waals surface area contributed by atoms with Gasteiger partial charge >= 0.3 is 0 Å². The Labute approximate surface area is 127 Å². The second kappa shape index (κ2) is 8.45. The lowest BCUT2D eigenvalue weighted by molar-refractivity contribution is 0.335. The van der Waals surface area contributed by atoms with Crippen LogP contribution in [0.3, 0.4) is 0 Å². The van der Waals surface area contributed by atoms with Crippen LogP contribution in [-0.2, 0) is 6.42 Å². The van der Waals surface area contributed by atoms with Gasteiger partial charge in [-0.25, -0.2) is 0 Å². The molecule has 0 saturated carbocycles. The van der Waals surface area contributed by atoms with E-state index in [9.17, 15) is 0 Å². The molecule has 112 valence electrons. The summed E-state index contributed by atoms with van der Waals surface area (Å²) in [5.41, 5.74) is 6.85. The van der Waals surface area contributed by atoms with Gasteiger partial charge < -0.3 is 15.4 Å². The third kappa shape index (κ3) is 5.58. The highest BCUT2D eigenvalue weighted by molar-refractivity contribution is 5.33. The van der Waals surface area contributed by atoms with Crippen LogP contribution in [0, 0.1) is 0 Å². The van der Waals surface area contributed by atoms with Crippen molar-refractivity contribution in [2.45, 2.75) is 12.8 Å². The molecular weight excluding hydrogens is 260 g/mol. The molecule has 0 fully saturated rings. The molecule has 0 aliphatic heterocycles. The second-order valence-electron chi connectivity index (χ2n) is 5.25. The number of nitrogens with zero attached hydrogens (tertiary/aromatic N) is 1. The van der Waals surface area contributed by atoms with Crippen LogP contribution in [0.2, 0.25) is 0 Å². The number of likely N-dealkylation sites (N-methyl/N-ethyl adjacent to an activating group) is 1. The van der Waals surface area contributed by atoms with Crippen molar-refractivity contribution in [2.75, 3.05) is 26.7 Å². The zero-order chi connectivity index (χ0) is 14.9. The molecule has 0 atom stereocenters. The van der Waals surface area contributed by atoms with E-state index >= 15 is 0 Å². The number of rotatable bonds is 8. The molecule has 0 bridgehead atoms. The minimum absolute atomic E-state index is 0.760. The van der Waals surface area contributed by atoms with Crippen LogP contribution in [0.25, 0.3) is 0 Å². The summed E-state index contributed by atoms with van der Waals surface area (Å²) in [7, 11) is 2.14. The first-order valence-corrected chi connectivity index (χ1v) is 7.48. The van der Waals surface area contributed by atoms with Gasteiger partial charge in [0.05, 0.1) is 0 Å². The van der Waals surface area contributed by atoms with Crippen LogP contribution in [0.5, 0.6) is 11.5 Å². The summed E-state index contributed by atoms with van der Waals surface area (Å²) in [5.74, 6) is 1.74. The first-order chi connectivity index (χ1) is 10.3. The molecule has 21 heavy (non-hydrogen) atoms. The molecule has 0 saturated heterocycles. The second-order valence-corrected chi connectivity index (χ2v) is 5.25. The predicted molar refractivity (Wildman–Crippen MR) is 87.8 cm³/mol. The maximum absolute atomic E-state index is 5.79. The molecule has 0 heterocycles. The van der Waals surface area contributed by atoms with Crippen LogP contribution in [0.1, 0.15) is 12.0 Å². The van der Waals surface area contributed by atoms with Crippen LogP contribution < -0.4 is 10.5 Å². The molecule has 0 aromatic heterocycles. The number of hydrogen-bond donors (Lipinski definition) is 1. The number of nitrogens with two attached hydrogens (primary N) is 1. The van der Waals surface area contributed by atoms with Gasteiger partial charge in [0.25, 0.3) is 0 Å². The van der Waals surface area contributed by atoms with Crippen LogP contribution in [0.15, 0.2) is 54.6 Å². The van der Waals surface area contributed by atoms with Crippen molar-refractivity contribution in [1.29, 1.82) is 0 Å². The van der Waals surface area contributed by atoms with E-state index in [1.165, 1.54) is 5.56 Å². The van der Waals surface area contributed by atoms with Crippen molar-refractivity contribution in [3.05, 3.63) is 60.2 Å². The number of hydrogen-bond acceptors (Lipinski definition) is 3. The number of ether oxygens (including phenoxy) is 1. The summed E-state index contributed by atoms with van der Waals surface area (Å²) in [6.45, 7) is 2.88. The number of benzene rings is 2. The van der Waals surface area contributed by atoms with E-state index in [1.807, 2.05) is 42.5 Å². The van der Waals surface area contributed by atoms with Crippen molar-refractivity contribution in [2.24, 2.45) is 5.73 Å². The molecule has 2 rings (SSSR count). The Kier molecular flexibility index (Phi) is 6.25. The molecule has 3 heteroatoms. The molecule has 0 unspecified atom stereocenters. The van der Waals surface area contributed by atoms with Crippen LogP contribution in [0.4, 0.5) is 0 Å². The smallest absolute Gasteiger partial charge is 0.127 e. The molecule has 2 aromatic rings.